The molecule has 1 heterocycles. The number of nitrogens with zero attached hydrogens (tertiary/aromatic N) is 1. The smallest absolute Gasteiger partial charge is 0.279 e. The summed E-state index contributed by atoms with van der Waals surface area (Å²) in [7, 11) is -1.67. The van der Waals surface area contributed by atoms with Gasteiger partial charge in [-0.1, -0.05) is 6.92 Å². The fourth-order valence-electron chi connectivity index (χ4n) is 1.60. The summed E-state index contributed by atoms with van der Waals surface area (Å²) in [6.45, 7) is 4.83. The molecule has 98 valence electrons. The second kappa shape index (κ2) is 7.45. The minimum Gasteiger partial charge on any atom is -0.316 e. The van der Waals surface area contributed by atoms with Crippen molar-refractivity contribution in [2.45, 2.75) is 19.8 Å². The van der Waals surface area contributed by atoms with E-state index in [1.54, 1.807) is 7.05 Å². The third-order valence-corrected chi connectivity index (χ3v) is 4.42. The van der Waals surface area contributed by atoms with Crippen molar-refractivity contribution in [2.24, 2.45) is 5.92 Å². The molecule has 0 spiro atoms. The lowest BCUT2D eigenvalue weighted by Crippen LogP contribution is -2.43. The lowest BCUT2D eigenvalue weighted by molar-refractivity contribution is 0.370. The highest BCUT2D eigenvalue weighted by Gasteiger charge is 2.19. The Morgan fingerprint density at radius 2 is 2.19 bits per heavy atom. The third-order valence-electron chi connectivity index (χ3n) is 2.81. The van der Waals surface area contributed by atoms with Crippen LogP contribution >= 0.6 is 12.4 Å². The standard InChI is InChI=1S/C9H21N3O2S.ClH/c1-3-12(2)15(13,14)11-8-9-5-4-6-10-7-9;/h9-11H,3-8H2,1-2H3;1H. The van der Waals surface area contributed by atoms with Gasteiger partial charge in [-0.3, -0.25) is 0 Å². The van der Waals surface area contributed by atoms with Crippen molar-refractivity contribution in [3.8, 4) is 0 Å². The van der Waals surface area contributed by atoms with Gasteiger partial charge in [-0.2, -0.15) is 12.7 Å². The number of rotatable bonds is 5. The summed E-state index contributed by atoms with van der Waals surface area (Å²) >= 11 is 0. The van der Waals surface area contributed by atoms with E-state index in [-0.39, 0.29) is 12.4 Å². The molecule has 0 aromatic carbocycles. The van der Waals surface area contributed by atoms with E-state index in [9.17, 15) is 8.42 Å². The van der Waals surface area contributed by atoms with E-state index in [0.717, 1.165) is 25.9 Å². The van der Waals surface area contributed by atoms with Crippen LogP contribution in [0, 0.1) is 5.92 Å². The van der Waals surface area contributed by atoms with E-state index in [4.69, 9.17) is 0 Å². The van der Waals surface area contributed by atoms with Crippen molar-refractivity contribution in [1.82, 2.24) is 14.3 Å². The van der Waals surface area contributed by atoms with Crippen molar-refractivity contribution in [3.63, 3.8) is 0 Å². The predicted octanol–water partition coefficient (Wildman–Crippen LogP) is 0.194. The summed E-state index contributed by atoms with van der Waals surface area (Å²) in [6.07, 6.45) is 2.24. The van der Waals surface area contributed by atoms with Crippen LogP contribution in [0.4, 0.5) is 0 Å². The first-order chi connectivity index (χ1) is 7.06. The van der Waals surface area contributed by atoms with Gasteiger partial charge >= 0.3 is 0 Å². The van der Waals surface area contributed by atoms with E-state index in [1.165, 1.54) is 4.31 Å². The molecule has 1 rings (SSSR count). The van der Waals surface area contributed by atoms with Gasteiger partial charge in [0.05, 0.1) is 0 Å². The predicted molar refractivity (Wildman–Crippen MR) is 68.1 cm³/mol. The second-order valence-electron chi connectivity index (χ2n) is 3.98. The minimum absolute atomic E-state index is 0. The maximum absolute atomic E-state index is 11.6. The summed E-state index contributed by atoms with van der Waals surface area (Å²) in [5.41, 5.74) is 0. The summed E-state index contributed by atoms with van der Waals surface area (Å²) < 4.78 is 27.2. The Morgan fingerprint density at radius 1 is 1.50 bits per heavy atom. The van der Waals surface area contributed by atoms with Crippen LogP contribution in [-0.2, 0) is 10.2 Å². The van der Waals surface area contributed by atoms with Crippen LogP contribution in [-0.4, -0.2) is 45.9 Å². The summed E-state index contributed by atoms with van der Waals surface area (Å²) in [5.74, 6) is 0.429. The maximum Gasteiger partial charge on any atom is 0.279 e. The molecule has 1 unspecified atom stereocenters. The molecule has 2 N–H and O–H groups in total. The largest absolute Gasteiger partial charge is 0.316 e. The number of halogens is 1. The molecule has 1 fully saturated rings. The first kappa shape index (κ1) is 16.1. The first-order valence-corrected chi connectivity index (χ1v) is 6.92. The third kappa shape index (κ3) is 4.97. The van der Waals surface area contributed by atoms with Crippen LogP contribution < -0.4 is 10.0 Å². The topological polar surface area (TPSA) is 61.4 Å². The highest BCUT2D eigenvalue weighted by molar-refractivity contribution is 7.87. The zero-order valence-corrected chi connectivity index (χ0v) is 11.5. The summed E-state index contributed by atoms with van der Waals surface area (Å²) in [4.78, 5) is 0. The van der Waals surface area contributed by atoms with Crippen LogP contribution in [0.2, 0.25) is 0 Å². The Balaban J connectivity index is 0.00000225. The van der Waals surface area contributed by atoms with E-state index in [2.05, 4.69) is 10.0 Å². The van der Waals surface area contributed by atoms with Crippen molar-refractivity contribution < 1.29 is 8.42 Å². The van der Waals surface area contributed by atoms with Crippen molar-refractivity contribution in [2.75, 3.05) is 33.2 Å². The monoisotopic (exact) mass is 271 g/mol. The summed E-state index contributed by atoms with van der Waals surface area (Å²) in [5, 5.41) is 3.27. The fourth-order valence-corrected chi connectivity index (χ4v) is 2.61. The van der Waals surface area contributed by atoms with Crippen molar-refractivity contribution in [3.05, 3.63) is 0 Å². The Hall–Kier alpha value is 0.120. The molecule has 16 heavy (non-hydrogen) atoms. The highest BCUT2D eigenvalue weighted by atomic mass is 35.5. The molecule has 0 bridgehead atoms. The van der Waals surface area contributed by atoms with Gasteiger partial charge in [0, 0.05) is 20.1 Å². The van der Waals surface area contributed by atoms with Crippen LogP contribution in [0.5, 0.6) is 0 Å². The average molecular weight is 272 g/mol. The first-order valence-electron chi connectivity index (χ1n) is 5.48. The van der Waals surface area contributed by atoms with Crippen LogP contribution in [0.1, 0.15) is 19.8 Å². The number of nitrogens with one attached hydrogen (secondary N) is 2. The Labute approximate surface area is 105 Å². The molecule has 7 heteroatoms. The van der Waals surface area contributed by atoms with Gasteiger partial charge in [0.2, 0.25) is 0 Å². The van der Waals surface area contributed by atoms with Gasteiger partial charge in [-0.05, 0) is 31.8 Å². The molecular weight excluding hydrogens is 250 g/mol. The van der Waals surface area contributed by atoms with Crippen molar-refractivity contribution in [1.29, 1.82) is 0 Å². The highest BCUT2D eigenvalue weighted by Crippen LogP contribution is 2.08. The fraction of sp³-hybridized carbons (Fsp3) is 1.00. The molecular formula is C9H22ClN3O2S. The van der Waals surface area contributed by atoms with E-state index < -0.39 is 10.2 Å². The van der Waals surface area contributed by atoms with Crippen molar-refractivity contribution >= 4 is 22.6 Å². The van der Waals surface area contributed by atoms with Gasteiger partial charge in [0.1, 0.15) is 0 Å². The van der Waals surface area contributed by atoms with Crippen LogP contribution in [0.15, 0.2) is 0 Å². The maximum atomic E-state index is 11.6. The SMILES string of the molecule is CCN(C)S(=O)(=O)NCC1CCCNC1.Cl. The number of piperidine rings is 1. The minimum atomic E-state index is -3.25. The normalized spacial score (nSPS) is 21.8. The molecule has 1 saturated heterocycles. The van der Waals surface area contributed by atoms with Gasteiger partial charge in [0.15, 0.2) is 0 Å². The van der Waals surface area contributed by atoms with E-state index in [0.29, 0.717) is 19.0 Å². The van der Waals surface area contributed by atoms with Gasteiger partial charge in [-0.25, -0.2) is 4.72 Å². The molecule has 1 aliphatic heterocycles. The molecule has 0 saturated carbocycles. The Bertz CT molecular complexity index is 278. The molecule has 5 nitrogen and oxygen atoms in total. The Morgan fingerprint density at radius 3 is 2.69 bits per heavy atom. The molecule has 1 aliphatic rings. The molecule has 0 aromatic heterocycles. The quantitative estimate of drug-likeness (QED) is 0.751. The molecule has 0 radical (unpaired) electrons. The van der Waals surface area contributed by atoms with Gasteiger partial charge < -0.3 is 5.32 Å². The zero-order chi connectivity index (χ0) is 11.3. The van der Waals surface area contributed by atoms with Gasteiger partial charge in [0.25, 0.3) is 10.2 Å². The molecule has 1 atom stereocenters. The molecule has 0 aromatic rings. The van der Waals surface area contributed by atoms with E-state index >= 15 is 0 Å². The molecule has 0 aliphatic carbocycles. The van der Waals surface area contributed by atoms with Crippen LogP contribution in [0.3, 0.4) is 0 Å². The van der Waals surface area contributed by atoms with Crippen LogP contribution in [0.25, 0.3) is 0 Å². The Kier molecular flexibility index (Phi) is 7.50. The lowest BCUT2D eigenvalue weighted by atomic mass is 10.0. The van der Waals surface area contributed by atoms with E-state index in [1.807, 2.05) is 6.92 Å². The number of hydrogen-bond acceptors (Lipinski definition) is 3. The summed E-state index contributed by atoms with van der Waals surface area (Å²) in [6, 6.07) is 0. The zero-order valence-electron chi connectivity index (χ0n) is 9.90. The average Bonchev–Trinajstić information content (AvgIpc) is 2.27. The lowest BCUT2D eigenvalue weighted by Gasteiger charge is -2.24. The molecule has 0 amide bonds. The number of hydrogen-bond donors (Lipinski definition) is 2. The van der Waals surface area contributed by atoms with Gasteiger partial charge in [-0.15, -0.1) is 12.4 Å². The second-order valence-corrected chi connectivity index (χ2v) is 5.84.